The highest BCUT2D eigenvalue weighted by atomic mass is 19.4. The summed E-state index contributed by atoms with van der Waals surface area (Å²) in [6.07, 6.45) is -2.25. The third-order valence-electron chi connectivity index (χ3n) is 6.72. The van der Waals surface area contributed by atoms with Crippen LogP contribution in [0.2, 0.25) is 0 Å². The average molecular weight is 525 g/mol. The van der Waals surface area contributed by atoms with Crippen molar-refractivity contribution in [1.82, 2.24) is 9.78 Å². The number of ether oxygens (including phenoxy) is 1. The number of carbonyl (C=O) groups is 2. The lowest BCUT2D eigenvalue weighted by Gasteiger charge is -2.39. The molecule has 1 atom stereocenters. The Morgan fingerprint density at radius 2 is 1.82 bits per heavy atom. The number of hydrogen-bond donors (Lipinski definition) is 2. The van der Waals surface area contributed by atoms with Gasteiger partial charge in [0.05, 0.1) is 18.4 Å². The molecule has 38 heavy (non-hydrogen) atoms. The summed E-state index contributed by atoms with van der Waals surface area (Å²) in [5, 5.41) is 10.5. The van der Waals surface area contributed by atoms with Gasteiger partial charge in [0, 0.05) is 23.4 Å². The molecule has 2 heterocycles. The molecular formula is C28H27F3N4O3. The van der Waals surface area contributed by atoms with Crippen molar-refractivity contribution in [3.8, 4) is 5.75 Å². The van der Waals surface area contributed by atoms with E-state index in [9.17, 15) is 22.8 Å². The third-order valence-corrected chi connectivity index (χ3v) is 6.72. The number of Topliss-reactive ketones (excluding diaryl/α,β-unsaturated/α-hetero) is 1. The van der Waals surface area contributed by atoms with Gasteiger partial charge in [-0.1, -0.05) is 26.0 Å². The fourth-order valence-corrected chi connectivity index (χ4v) is 5.04. The van der Waals surface area contributed by atoms with Gasteiger partial charge in [-0.2, -0.15) is 18.3 Å². The molecule has 0 saturated heterocycles. The number of anilines is 2. The Labute approximate surface area is 217 Å². The van der Waals surface area contributed by atoms with E-state index in [1.54, 1.807) is 24.3 Å². The molecule has 0 spiro atoms. The summed E-state index contributed by atoms with van der Waals surface area (Å²) in [6, 6.07) is 10.9. The summed E-state index contributed by atoms with van der Waals surface area (Å²) in [6.45, 7) is 6.37. The fraction of sp³-hybridized carbons (Fsp3) is 0.321. The van der Waals surface area contributed by atoms with Gasteiger partial charge in [0.1, 0.15) is 23.2 Å². The number of alkyl halides is 3. The SMILES string of the molecule is CCOc1ccc(NC(=O)c2cnn3c2NC2=C(C(=O)CC(C)(C)C2)[C@@H]3c2ccc(C(F)(F)F)cc2)cc1. The van der Waals surface area contributed by atoms with Crippen molar-refractivity contribution in [2.45, 2.75) is 45.8 Å². The van der Waals surface area contributed by atoms with E-state index in [-0.39, 0.29) is 16.8 Å². The third kappa shape index (κ3) is 4.78. The molecule has 0 unspecified atom stereocenters. The monoisotopic (exact) mass is 524 g/mol. The first-order chi connectivity index (χ1) is 18.0. The topological polar surface area (TPSA) is 85.2 Å². The maximum absolute atomic E-state index is 13.3. The summed E-state index contributed by atoms with van der Waals surface area (Å²) in [7, 11) is 0. The summed E-state index contributed by atoms with van der Waals surface area (Å²) in [5.74, 6) is 0.538. The van der Waals surface area contributed by atoms with Crippen LogP contribution in [0.1, 0.15) is 61.1 Å². The molecule has 1 aromatic heterocycles. The van der Waals surface area contributed by atoms with E-state index in [0.717, 1.165) is 12.1 Å². The van der Waals surface area contributed by atoms with Crippen LogP contribution in [0.25, 0.3) is 0 Å². The highest BCUT2D eigenvalue weighted by Crippen LogP contribution is 2.46. The van der Waals surface area contributed by atoms with Crippen molar-refractivity contribution in [2.24, 2.45) is 5.41 Å². The Balaban J connectivity index is 1.53. The summed E-state index contributed by atoms with van der Waals surface area (Å²) >= 11 is 0. The molecular weight excluding hydrogens is 497 g/mol. The predicted octanol–water partition coefficient (Wildman–Crippen LogP) is 6.21. The molecule has 5 rings (SSSR count). The molecule has 7 nitrogen and oxygen atoms in total. The molecule has 1 amide bonds. The largest absolute Gasteiger partial charge is 0.494 e. The molecule has 2 aromatic carbocycles. The molecule has 198 valence electrons. The van der Waals surface area contributed by atoms with Gasteiger partial charge >= 0.3 is 6.18 Å². The summed E-state index contributed by atoms with van der Waals surface area (Å²) < 4.78 is 46.6. The van der Waals surface area contributed by atoms with Gasteiger partial charge < -0.3 is 15.4 Å². The van der Waals surface area contributed by atoms with Crippen molar-refractivity contribution >= 4 is 23.2 Å². The Hall–Kier alpha value is -4.08. The Bertz CT molecular complexity index is 1420. The Morgan fingerprint density at radius 3 is 2.45 bits per heavy atom. The zero-order valence-corrected chi connectivity index (χ0v) is 21.1. The van der Waals surface area contributed by atoms with Crippen LogP contribution in [0.3, 0.4) is 0 Å². The molecule has 0 fully saturated rings. The van der Waals surface area contributed by atoms with Crippen molar-refractivity contribution in [3.05, 3.63) is 82.7 Å². The van der Waals surface area contributed by atoms with Crippen molar-refractivity contribution < 1.29 is 27.5 Å². The van der Waals surface area contributed by atoms with Gasteiger partial charge in [-0.15, -0.1) is 0 Å². The Kier molecular flexibility index (Phi) is 6.28. The van der Waals surface area contributed by atoms with Crippen LogP contribution in [0, 0.1) is 5.41 Å². The van der Waals surface area contributed by atoms with Gasteiger partial charge in [-0.25, -0.2) is 4.68 Å². The number of allylic oxidation sites excluding steroid dienone is 2. The quantitative estimate of drug-likeness (QED) is 0.415. The smallest absolute Gasteiger partial charge is 0.416 e. The number of aromatic nitrogens is 2. The van der Waals surface area contributed by atoms with Crippen molar-refractivity contribution in [2.75, 3.05) is 17.2 Å². The number of hydrogen-bond acceptors (Lipinski definition) is 5. The first kappa shape index (κ1) is 25.6. The number of amides is 1. The van der Waals surface area contributed by atoms with Crippen molar-refractivity contribution in [3.63, 3.8) is 0 Å². The van der Waals surface area contributed by atoms with Crippen LogP contribution < -0.4 is 15.4 Å². The van der Waals surface area contributed by atoms with Gasteiger partial charge in [0.2, 0.25) is 0 Å². The molecule has 2 N–H and O–H groups in total. The number of fused-ring (bicyclic) bond motifs is 1. The zero-order valence-electron chi connectivity index (χ0n) is 21.1. The minimum atomic E-state index is -4.48. The first-order valence-electron chi connectivity index (χ1n) is 12.3. The minimum Gasteiger partial charge on any atom is -0.494 e. The van der Waals surface area contributed by atoms with Crippen LogP contribution in [-0.2, 0) is 11.0 Å². The molecule has 3 aromatic rings. The van der Waals surface area contributed by atoms with Crippen LogP contribution in [0.15, 0.2) is 66.0 Å². The molecule has 10 heteroatoms. The molecule has 2 aliphatic rings. The number of halogens is 3. The number of nitrogens with one attached hydrogen (secondary N) is 2. The molecule has 0 saturated carbocycles. The van der Waals surface area contributed by atoms with Crippen LogP contribution in [-0.4, -0.2) is 28.1 Å². The normalized spacial score (nSPS) is 18.4. The number of carbonyl (C=O) groups excluding carboxylic acids is 2. The van der Waals surface area contributed by atoms with E-state index < -0.39 is 23.7 Å². The maximum atomic E-state index is 13.3. The summed E-state index contributed by atoms with van der Waals surface area (Å²) in [5.41, 5.74) is 1.29. The minimum absolute atomic E-state index is 0.102. The highest BCUT2D eigenvalue weighted by molar-refractivity contribution is 6.08. The van der Waals surface area contributed by atoms with E-state index in [1.807, 2.05) is 20.8 Å². The fourth-order valence-electron chi connectivity index (χ4n) is 5.04. The second kappa shape index (κ2) is 9.34. The molecule has 0 radical (unpaired) electrons. The number of rotatable bonds is 5. The lowest BCUT2D eigenvalue weighted by molar-refractivity contribution is -0.137. The number of benzene rings is 2. The standard InChI is InChI=1S/C28H27F3N4O3/c1-4-38-19-11-9-18(10-12-19)33-26(37)20-15-32-35-24(16-5-7-17(8-6-16)28(29,30)31)23-21(34-25(20)35)13-27(2,3)14-22(23)36/h5-12,15,24,34H,4,13-14H2,1-3H3,(H,33,37)/t24-/m0/s1. The van der Waals surface area contributed by atoms with Gasteiger partial charge in [0.15, 0.2) is 5.78 Å². The molecule has 1 aliphatic heterocycles. The molecule has 1 aliphatic carbocycles. The van der Waals surface area contributed by atoms with E-state index in [2.05, 4.69) is 15.7 Å². The van der Waals surface area contributed by atoms with E-state index in [0.29, 0.717) is 53.5 Å². The highest BCUT2D eigenvalue weighted by Gasteiger charge is 2.42. The lowest BCUT2D eigenvalue weighted by atomic mass is 9.73. The number of ketones is 1. The zero-order chi connectivity index (χ0) is 27.2. The maximum Gasteiger partial charge on any atom is 0.416 e. The van der Waals surface area contributed by atoms with Crippen molar-refractivity contribution in [1.29, 1.82) is 0 Å². The van der Waals surface area contributed by atoms with Gasteiger partial charge in [-0.05, 0) is 60.7 Å². The lowest BCUT2D eigenvalue weighted by Crippen LogP contribution is -2.37. The number of nitrogens with zero attached hydrogens (tertiary/aromatic N) is 2. The first-order valence-corrected chi connectivity index (χ1v) is 12.3. The van der Waals surface area contributed by atoms with E-state index >= 15 is 0 Å². The second-order valence-corrected chi connectivity index (χ2v) is 10.2. The summed E-state index contributed by atoms with van der Waals surface area (Å²) in [4.78, 5) is 26.6. The molecule has 0 bridgehead atoms. The second-order valence-electron chi connectivity index (χ2n) is 10.2. The van der Waals surface area contributed by atoms with Crippen LogP contribution in [0.5, 0.6) is 5.75 Å². The van der Waals surface area contributed by atoms with Gasteiger partial charge in [-0.3, -0.25) is 9.59 Å². The van der Waals surface area contributed by atoms with Gasteiger partial charge in [0.25, 0.3) is 5.91 Å². The van der Waals surface area contributed by atoms with E-state index in [4.69, 9.17) is 4.74 Å². The average Bonchev–Trinajstić information content (AvgIpc) is 3.26. The van der Waals surface area contributed by atoms with Crippen LogP contribution in [0.4, 0.5) is 24.7 Å². The predicted molar refractivity (Wildman–Crippen MR) is 136 cm³/mol. The van der Waals surface area contributed by atoms with Crippen LogP contribution >= 0.6 is 0 Å². The van der Waals surface area contributed by atoms with E-state index in [1.165, 1.54) is 23.0 Å². The Morgan fingerprint density at radius 1 is 1.13 bits per heavy atom.